The minimum atomic E-state index is 0.281. The van der Waals surface area contributed by atoms with Crippen molar-refractivity contribution < 1.29 is 9.47 Å². The molecular weight excluding hydrogens is 216 g/mol. The molecule has 1 saturated heterocycles. The Hall–Kier alpha value is -1.73. The van der Waals surface area contributed by atoms with Crippen LogP contribution in [0.1, 0.15) is 12.5 Å². The van der Waals surface area contributed by atoms with E-state index in [4.69, 9.17) is 14.7 Å². The number of morpholine rings is 1. The molecule has 0 radical (unpaired) electrons. The molecule has 4 nitrogen and oxygen atoms in total. The van der Waals surface area contributed by atoms with Crippen LogP contribution in [0.3, 0.4) is 0 Å². The molecule has 1 aliphatic heterocycles. The first kappa shape index (κ1) is 11.7. The van der Waals surface area contributed by atoms with Gasteiger partial charge in [-0.3, -0.25) is 0 Å². The first-order valence-electron chi connectivity index (χ1n) is 5.68. The van der Waals surface area contributed by atoms with Crippen LogP contribution in [0.25, 0.3) is 0 Å². The molecule has 0 N–H and O–H groups in total. The van der Waals surface area contributed by atoms with E-state index >= 15 is 0 Å². The number of ether oxygens (including phenoxy) is 2. The Balaban J connectivity index is 2.38. The summed E-state index contributed by atoms with van der Waals surface area (Å²) in [5.74, 6) is 0.776. The number of benzene rings is 1. The van der Waals surface area contributed by atoms with Crippen LogP contribution in [-0.2, 0) is 4.74 Å². The van der Waals surface area contributed by atoms with Crippen molar-refractivity contribution in [3.8, 4) is 11.8 Å². The summed E-state index contributed by atoms with van der Waals surface area (Å²) in [5, 5.41) is 9.15. The predicted octanol–water partition coefficient (Wildman–Crippen LogP) is 1.79. The van der Waals surface area contributed by atoms with Crippen LogP contribution in [0, 0.1) is 11.3 Å². The summed E-state index contributed by atoms with van der Waals surface area (Å²) in [5.41, 5.74) is 1.61. The maximum atomic E-state index is 9.15. The lowest BCUT2D eigenvalue weighted by molar-refractivity contribution is 0.0989. The van der Waals surface area contributed by atoms with Crippen molar-refractivity contribution in [3.63, 3.8) is 0 Å². The second-order valence-electron chi connectivity index (χ2n) is 4.11. The van der Waals surface area contributed by atoms with E-state index in [1.165, 1.54) is 0 Å². The summed E-state index contributed by atoms with van der Waals surface area (Å²) in [4.78, 5) is 2.20. The van der Waals surface area contributed by atoms with Crippen LogP contribution in [0.4, 0.5) is 5.69 Å². The topological polar surface area (TPSA) is 45.5 Å². The Morgan fingerprint density at radius 1 is 1.53 bits per heavy atom. The molecule has 90 valence electrons. The van der Waals surface area contributed by atoms with E-state index in [1.54, 1.807) is 13.2 Å². The van der Waals surface area contributed by atoms with Gasteiger partial charge in [-0.05, 0) is 19.1 Å². The maximum Gasteiger partial charge on any atom is 0.121 e. The van der Waals surface area contributed by atoms with E-state index in [0.29, 0.717) is 18.8 Å². The van der Waals surface area contributed by atoms with Crippen LogP contribution in [0.5, 0.6) is 5.75 Å². The highest BCUT2D eigenvalue weighted by molar-refractivity contribution is 5.62. The van der Waals surface area contributed by atoms with Crippen molar-refractivity contribution >= 4 is 5.69 Å². The Morgan fingerprint density at radius 2 is 2.35 bits per heavy atom. The standard InChI is InChI=1S/C13H16N2O2/c1-10-9-17-6-5-15(10)13-7-12(16-2)4-3-11(13)8-14/h3-4,7,10H,5-6,9H2,1-2H3. The zero-order chi connectivity index (χ0) is 12.3. The average Bonchev–Trinajstić information content (AvgIpc) is 2.38. The summed E-state index contributed by atoms with van der Waals surface area (Å²) in [6.45, 7) is 4.30. The van der Waals surface area contributed by atoms with Crippen LogP contribution in [0.15, 0.2) is 18.2 Å². The quantitative estimate of drug-likeness (QED) is 0.780. The molecule has 1 aromatic rings. The van der Waals surface area contributed by atoms with E-state index in [-0.39, 0.29) is 6.04 Å². The second kappa shape index (κ2) is 5.07. The largest absolute Gasteiger partial charge is 0.497 e. The van der Waals surface area contributed by atoms with Gasteiger partial charge in [-0.2, -0.15) is 5.26 Å². The maximum absolute atomic E-state index is 9.15. The number of anilines is 1. The summed E-state index contributed by atoms with van der Waals surface area (Å²) in [6.07, 6.45) is 0. The molecule has 1 unspecified atom stereocenters. The Morgan fingerprint density at radius 3 is 3.00 bits per heavy atom. The lowest BCUT2D eigenvalue weighted by Crippen LogP contribution is -2.44. The Labute approximate surface area is 101 Å². The van der Waals surface area contributed by atoms with Crippen molar-refractivity contribution in [2.75, 3.05) is 31.8 Å². The summed E-state index contributed by atoms with van der Waals surface area (Å²) >= 11 is 0. The average molecular weight is 232 g/mol. The molecule has 1 aliphatic rings. The van der Waals surface area contributed by atoms with E-state index in [9.17, 15) is 0 Å². The van der Waals surface area contributed by atoms with Crippen LogP contribution in [-0.4, -0.2) is 32.9 Å². The van der Waals surface area contributed by atoms with Gasteiger partial charge in [0.1, 0.15) is 11.8 Å². The molecule has 0 saturated carbocycles. The monoisotopic (exact) mass is 232 g/mol. The molecule has 1 atom stereocenters. The number of hydrogen-bond acceptors (Lipinski definition) is 4. The number of methoxy groups -OCH3 is 1. The third kappa shape index (κ3) is 2.34. The third-order valence-corrected chi connectivity index (χ3v) is 3.00. The minimum Gasteiger partial charge on any atom is -0.497 e. The molecule has 0 spiro atoms. The first-order valence-corrected chi connectivity index (χ1v) is 5.68. The molecule has 0 bridgehead atoms. The highest BCUT2D eigenvalue weighted by atomic mass is 16.5. The molecule has 0 aliphatic carbocycles. The lowest BCUT2D eigenvalue weighted by atomic mass is 10.1. The van der Waals surface area contributed by atoms with Gasteiger partial charge in [0, 0.05) is 18.7 Å². The summed E-state index contributed by atoms with van der Waals surface area (Å²) in [6, 6.07) is 8.04. The molecule has 1 fully saturated rings. The van der Waals surface area contributed by atoms with Crippen LogP contribution in [0.2, 0.25) is 0 Å². The fourth-order valence-electron chi connectivity index (χ4n) is 2.06. The van der Waals surface area contributed by atoms with Crippen molar-refractivity contribution in [1.29, 1.82) is 5.26 Å². The fourth-order valence-corrected chi connectivity index (χ4v) is 2.06. The molecule has 4 heteroatoms. The van der Waals surface area contributed by atoms with Crippen LogP contribution >= 0.6 is 0 Å². The van der Waals surface area contributed by atoms with Crippen molar-refractivity contribution in [2.45, 2.75) is 13.0 Å². The number of nitriles is 1. The fraction of sp³-hybridized carbons (Fsp3) is 0.462. The zero-order valence-corrected chi connectivity index (χ0v) is 10.1. The lowest BCUT2D eigenvalue weighted by Gasteiger charge is -2.35. The van der Waals surface area contributed by atoms with Gasteiger partial charge in [-0.25, -0.2) is 0 Å². The van der Waals surface area contributed by atoms with Gasteiger partial charge < -0.3 is 14.4 Å². The van der Waals surface area contributed by atoms with E-state index in [1.807, 2.05) is 12.1 Å². The van der Waals surface area contributed by atoms with Gasteiger partial charge >= 0.3 is 0 Å². The number of rotatable bonds is 2. The number of nitrogens with zero attached hydrogens (tertiary/aromatic N) is 2. The number of hydrogen-bond donors (Lipinski definition) is 0. The Bertz CT molecular complexity index is 440. The predicted molar refractivity (Wildman–Crippen MR) is 65.3 cm³/mol. The van der Waals surface area contributed by atoms with E-state index in [2.05, 4.69) is 17.9 Å². The van der Waals surface area contributed by atoms with Gasteiger partial charge in [0.2, 0.25) is 0 Å². The highest BCUT2D eigenvalue weighted by Crippen LogP contribution is 2.28. The first-order chi connectivity index (χ1) is 8.26. The third-order valence-electron chi connectivity index (χ3n) is 3.00. The van der Waals surface area contributed by atoms with Crippen LogP contribution < -0.4 is 9.64 Å². The van der Waals surface area contributed by atoms with Crippen molar-refractivity contribution in [2.24, 2.45) is 0 Å². The molecule has 1 heterocycles. The zero-order valence-electron chi connectivity index (χ0n) is 10.1. The normalized spacial score (nSPS) is 19.8. The van der Waals surface area contributed by atoms with Gasteiger partial charge in [-0.15, -0.1) is 0 Å². The smallest absolute Gasteiger partial charge is 0.121 e. The van der Waals surface area contributed by atoms with E-state index < -0.39 is 0 Å². The van der Waals surface area contributed by atoms with Crippen molar-refractivity contribution in [3.05, 3.63) is 23.8 Å². The summed E-state index contributed by atoms with van der Waals surface area (Å²) in [7, 11) is 1.63. The Kier molecular flexibility index (Phi) is 3.50. The van der Waals surface area contributed by atoms with Gasteiger partial charge in [0.15, 0.2) is 0 Å². The SMILES string of the molecule is COc1ccc(C#N)c(N2CCOCC2C)c1. The van der Waals surface area contributed by atoms with E-state index in [0.717, 1.165) is 18.0 Å². The second-order valence-corrected chi connectivity index (χ2v) is 4.11. The van der Waals surface area contributed by atoms with Gasteiger partial charge in [0.25, 0.3) is 0 Å². The van der Waals surface area contributed by atoms with Crippen molar-refractivity contribution in [1.82, 2.24) is 0 Å². The highest BCUT2D eigenvalue weighted by Gasteiger charge is 2.21. The van der Waals surface area contributed by atoms with Gasteiger partial charge in [0.05, 0.1) is 31.6 Å². The molecule has 1 aromatic carbocycles. The molecule has 0 amide bonds. The molecule has 0 aromatic heterocycles. The molecular formula is C13H16N2O2. The molecule has 17 heavy (non-hydrogen) atoms. The molecule has 2 rings (SSSR count). The minimum absolute atomic E-state index is 0.281. The summed E-state index contributed by atoms with van der Waals surface area (Å²) < 4.78 is 10.6. The van der Waals surface area contributed by atoms with Gasteiger partial charge in [-0.1, -0.05) is 0 Å².